The summed E-state index contributed by atoms with van der Waals surface area (Å²) in [5.41, 5.74) is 0.582. The molecule has 7 nitrogen and oxygen atoms in total. The van der Waals surface area contributed by atoms with Crippen molar-refractivity contribution in [2.75, 3.05) is 31.1 Å². The smallest absolute Gasteiger partial charge is 0.289 e. The van der Waals surface area contributed by atoms with Crippen LogP contribution in [0.1, 0.15) is 5.56 Å². The number of rotatable bonds is 2. The summed E-state index contributed by atoms with van der Waals surface area (Å²) in [5.74, 6) is 0.0375. The van der Waals surface area contributed by atoms with Crippen LogP contribution in [0.25, 0.3) is 0 Å². The Morgan fingerprint density at radius 3 is 2.50 bits per heavy atom. The number of benzene rings is 1. The van der Waals surface area contributed by atoms with Crippen LogP contribution >= 0.6 is 0 Å². The lowest BCUT2D eigenvalue weighted by molar-refractivity contribution is -0.385. The highest BCUT2D eigenvalue weighted by Gasteiger charge is 2.21. The molecule has 1 heterocycles. The summed E-state index contributed by atoms with van der Waals surface area (Å²) < 4.78 is 0. The molecule has 2 rings (SSSR count). The Morgan fingerprint density at radius 2 is 2.00 bits per heavy atom. The average Bonchev–Trinajstić information content (AvgIpc) is 2.46. The maximum atomic E-state index is 11.3. The fraction of sp³-hybridized carbons (Fsp3) is 0.333. The zero-order chi connectivity index (χ0) is 14.7. The number of carbonyl (C=O) groups excluding carboxylic acids is 1. The van der Waals surface area contributed by atoms with Gasteiger partial charge in [0, 0.05) is 37.9 Å². The van der Waals surface area contributed by atoms with E-state index in [1.807, 2.05) is 11.0 Å². The van der Waals surface area contributed by atoms with E-state index >= 15 is 0 Å². The third-order valence-corrected chi connectivity index (χ3v) is 3.39. The number of nitriles is 1. The minimum atomic E-state index is -0.548. The van der Waals surface area contributed by atoms with Gasteiger partial charge in [0.2, 0.25) is 7.85 Å². The number of piperazine rings is 1. The Hall–Kier alpha value is -2.56. The van der Waals surface area contributed by atoms with Crippen LogP contribution in [0.2, 0.25) is 0 Å². The van der Waals surface area contributed by atoms with Gasteiger partial charge < -0.3 is 9.80 Å². The van der Waals surface area contributed by atoms with Gasteiger partial charge >= 0.3 is 0 Å². The van der Waals surface area contributed by atoms with Crippen molar-refractivity contribution in [2.24, 2.45) is 0 Å². The van der Waals surface area contributed by atoms with E-state index < -0.39 is 4.92 Å². The van der Waals surface area contributed by atoms with Gasteiger partial charge in [-0.15, -0.1) is 0 Å². The molecular weight excluding hydrogens is 259 g/mol. The summed E-state index contributed by atoms with van der Waals surface area (Å²) in [6.45, 7) is 2.46. The Labute approximate surface area is 116 Å². The number of nitrogens with zero attached hydrogens (tertiary/aromatic N) is 4. The lowest BCUT2D eigenvalue weighted by Gasteiger charge is -2.35. The van der Waals surface area contributed by atoms with Gasteiger partial charge in [0.1, 0.15) is 11.6 Å². The number of amides is 1. The normalized spacial score (nSPS) is 14.8. The fourth-order valence-corrected chi connectivity index (χ4v) is 2.24. The van der Waals surface area contributed by atoms with E-state index in [9.17, 15) is 14.9 Å². The topological polar surface area (TPSA) is 90.5 Å². The molecule has 0 radical (unpaired) electrons. The summed E-state index contributed by atoms with van der Waals surface area (Å²) in [5, 5.41) is 19.8. The van der Waals surface area contributed by atoms with Crippen LogP contribution in [-0.2, 0) is 0 Å². The molecular formula is C12H13BN4O3. The Morgan fingerprint density at radius 1 is 1.35 bits per heavy atom. The number of anilines is 1. The molecule has 20 heavy (non-hydrogen) atoms. The lowest BCUT2D eigenvalue weighted by atomic mass is 10.1. The molecule has 1 amide bonds. The van der Waals surface area contributed by atoms with Crippen molar-refractivity contribution in [3.8, 4) is 6.07 Å². The molecule has 0 aliphatic carbocycles. The highest BCUT2D eigenvalue weighted by atomic mass is 16.6. The third-order valence-electron chi connectivity index (χ3n) is 3.39. The molecule has 0 saturated carbocycles. The number of carbonyl (C=O) groups is 1. The third kappa shape index (κ3) is 2.72. The Bertz CT molecular complexity index is 591. The van der Waals surface area contributed by atoms with Crippen LogP contribution in [0.4, 0.5) is 16.2 Å². The van der Waals surface area contributed by atoms with Crippen molar-refractivity contribution in [3.63, 3.8) is 0 Å². The van der Waals surface area contributed by atoms with Crippen LogP contribution in [0.5, 0.6) is 0 Å². The highest BCUT2D eigenvalue weighted by molar-refractivity contribution is 6.56. The van der Waals surface area contributed by atoms with Crippen LogP contribution in [0.15, 0.2) is 18.2 Å². The molecule has 0 spiro atoms. The molecule has 0 bridgehead atoms. The van der Waals surface area contributed by atoms with E-state index in [1.165, 1.54) is 20.0 Å². The molecule has 102 valence electrons. The molecule has 0 N–H and O–H groups in total. The van der Waals surface area contributed by atoms with Crippen LogP contribution in [0.3, 0.4) is 0 Å². The van der Waals surface area contributed by atoms with Gasteiger partial charge in [0.25, 0.3) is 5.69 Å². The van der Waals surface area contributed by atoms with Crippen molar-refractivity contribution in [3.05, 3.63) is 33.9 Å². The monoisotopic (exact) mass is 272 g/mol. The van der Waals surface area contributed by atoms with Gasteiger partial charge in [0.15, 0.2) is 5.81 Å². The molecule has 1 aliphatic rings. The molecule has 0 aromatic heterocycles. The highest BCUT2D eigenvalue weighted by Crippen LogP contribution is 2.25. The predicted octanol–water partition coefficient (Wildman–Crippen LogP) is 0.342. The first kappa shape index (κ1) is 13.9. The Balaban J connectivity index is 2.19. The first-order chi connectivity index (χ1) is 9.52. The summed E-state index contributed by atoms with van der Waals surface area (Å²) in [7, 11) is 1.53. The van der Waals surface area contributed by atoms with Gasteiger partial charge in [-0.3, -0.25) is 14.9 Å². The van der Waals surface area contributed by atoms with Gasteiger partial charge in [-0.05, 0) is 12.1 Å². The first-order valence-electron chi connectivity index (χ1n) is 6.22. The van der Waals surface area contributed by atoms with E-state index in [-0.39, 0.29) is 17.1 Å². The summed E-state index contributed by atoms with van der Waals surface area (Å²) in [6, 6.07) is 6.40. The maximum Gasteiger partial charge on any atom is 0.289 e. The van der Waals surface area contributed by atoms with Crippen molar-refractivity contribution in [1.82, 2.24) is 4.90 Å². The van der Waals surface area contributed by atoms with Gasteiger partial charge in [-0.2, -0.15) is 5.26 Å². The Kier molecular flexibility index (Phi) is 3.89. The van der Waals surface area contributed by atoms with Crippen LogP contribution in [0, 0.1) is 21.4 Å². The van der Waals surface area contributed by atoms with Crippen LogP contribution in [-0.4, -0.2) is 49.7 Å². The molecule has 1 aromatic carbocycles. The second-order valence-electron chi connectivity index (χ2n) is 4.56. The standard InChI is InChI=1S/C12H13BN4O3/c13-12(18)16-5-3-15(4-6-16)10-2-1-9(8-14)11(7-10)17(19)20/h1-2,7H,3-6,13H2. The SMILES string of the molecule is BC(=O)N1CCN(c2ccc(C#N)c([N+](=O)[O-])c2)CC1. The van der Waals surface area contributed by atoms with E-state index in [2.05, 4.69) is 0 Å². The van der Waals surface area contributed by atoms with Crippen molar-refractivity contribution >= 4 is 25.0 Å². The average molecular weight is 272 g/mol. The number of nitro benzene ring substituents is 1. The molecule has 0 unspecified atom stereocenters. The van der Waals surface area contributed by atoms with E-state index in [0.717, 1.165) is 0 Å². The maximum absolute atomic E-state index is 11.3. The molecule has 1 aromatic rings. The van der Waals surface area contributed by atoms with E-state index in [4.69, 9.17) is 5.26 Å². The molecule has 8 heteroatoms. The zero-order valence-corrected chi connectivity index (χ0v) is 11.1. The quantitative estimate of drug-likeness (QED) is 0.440. The van der Waals surface area contributed by atoms with Crippen LogP contribution < -0.4 is 4.90 Å². The minimum absolute atomic E-state index is 0.0375. The predicted molar refractivity (Wildman–Crippen MR) is 75.5 cm³/mol. The van der Waals surface area contributed by atoms with E-state index in [1.54, 1.807) is 11.0 Å². The fourth-order valence-electron chi connectivity index (χ4n) is 2.24. The summed E-state index contributed by atoms with van der Waals surface area (Å²) >= 11 is 0. The van der Waals surface area contributed by atoms with Crippen molar-refractivity contribution < 1.29 is 9.72 Å². The molecule has 0 atom stereocenters. The number of hydrogen-bond acceptors (Lipinski definition) is 5. The van der Waals surface area contributed by atoms with E-state index in [0.29, 0.717) is 31.9 Å². The molecule has 1 saturated heterocycles. The molecule has 1 aliphatic heterocycles. The number of nitro groups is 1. The summed E-state index contributed by atoms with van der Waals surface area (Å²) in [6.07, 6.45) is 0. The zero-order valence-electron chi connectivity index (χ0n) is 11.1. The second-order valence-corrected chi connectivity index (χ2v) is 4.56. The second kappa shape index (κ2) is 5.61. The largest absolute Gasteiger partial charge is 0.368 e. The summed E-state index contributed by atoms with van der Waals surface area (Å²) in [4.78, 5) is 25.4. The number of hydrogen-bond donors (Lipinski definition) is 0. The first-order valence-corrected chi connectivity index (χ1v) is 6.22. The van der Waals surface area contributed by atoms with Gasteiger partial charge in [0.05, 0.1) is 4.92 Å². The molecule has 1 fully saturated rings. The van der Waals surface area contributed by atoms with Crippen molar-refractivity contribution in [1.29, 1.82) is 5.26 Å². The minimum Gasteiger partial charge on any atom is -0.368 e. The van der Waals surface area contributed by atoms with Gasteiger partial charge in [-0.25, -0.2) is 0 Å². The van der Waals surface area contributed by atoms with Gasteiger partial charge in [-0.1, -0.05) is 0 Å². The van der Waals surface area contributed by atoms with Crippen molar-refractivity contribution in [2.45, 2.75) is 0 Å². The lowest BCUT2D eigenvalue weighted by Crippen LogP contribution is -2.48.